The Hall–Kier alpha value is -3.48. The quantitative estimate of drug-likeness (QED) is 0.756. The molecule has 0 unspecified atom stereocenters. The first-order chi connectivity index (χ1) is 13.4. The second-order valence-corrected chi connectivity index (χ2v) is 6.94. The molecule has 28 heavy (non-hydrogen) atoms. The van der Waals surface area contributed by atoms with Crippen LogP contribution in [0.5, 0.6) is 0 Å². The second-order valence-electron chi connectivity index (χ2n) is 6.94. The number of benzene rings is 2. The fourth-order valence-electron chi connectivity index (χ4n) is 3.63. The first kappa shape index (κ1) is 17.9. The number of nitrogens with zero attached hydrogens (tertiary/aromatic N) is 3. The molecule has 2 aromatic carbocycles. The third kappa shape index (κ3) is 3.15. The molecule has 7 heteroatoms. The summed E-state index contributed by atoms with van der Waals surface area (Å²) in [7, 11) is 0. The van der Waals surface area contributed by atoms with Crippen molar-refractivity contribution in [3.8, 4) is 11.5 Å². The van der Waals surface area contributed by atoms with Crippen LogP contribution in [0.4, 0.5) is 5.69 Å². The van der Waals surface area contributed by atoms with E-state index in [0.717, 1.165) is 27.9 Å². The molecule has 1 aliphatic heterocycles. The third-order valence-electron chi connectivity index (χ3n) is 4.70. The summed E-state index contributed by atoms with van der Waals surface area (Å²) in [4.78, 5) is 26.3. The molecule has 4 rings (SSSR count). The number of rotatable bonds is 4. The van der Waals surface area contributed by atoms with Crippen molar-refractivity contribution >= 4 is 17.5 Å². The van der Waals surface area contributed by atoms with Gasteiger partial charge < -0.3 is 14.6 Å². The van der Waals surface area contributed by atoms with E-state index in [9.17, 15) is 9.59 Å². The van der Waals surface area contributed by atoms with Crippen molar-refractivity contribution in [1.29, 1.82) is 0 Å². The Morgan fingerprint density at radius 3 is 2.64 bits per heavy atom. The smallest absolute Gasteiger partial charge is 0.254 e. The van der Waals surface area contributed by atoms with Crippen molar-refractivity contribution in [2.45, 2.75) is 33.4 Å². The van der Waals surface area contributed by atoms with E-state index in [2.05, 4.69) is 15.5 Å². The third-order valence-corrected chi connectivity index (χ3v) is 4.70. The lowest BCUT2D eigenvalue weighted by Crippen LogP contribution is -2.36. The highest BCUT2D eigenvalue weighted by atomic mass is 16.4. The highest BCUT2D eigenvalue weighted by Gasteiger charge is 2.39. The van der Waals surface area contributed by atoms with E-state index in [1.807, 2.05) is 56.3 Å². The Morgan fingerprint density at radius 1 is 1.18 bits per heavy atom. The summed E-state index contributed by atoms with van der Waals surface area (Å²) in [6.45, 7) is 5.47. The Balaban J connectivity index is 1.68. The lowest BCUT2D eigenvalue weighted by Gasteiger charge is -2.17. The molecule has 1 N–H and O–H groups in total. The van der Waals surface area contributed by atoms with Gasteiger partial charge in [-0.15, -0.1) is 10.2 Å². The van der Waals surface area contributed by atoms with Gasteiger partial charge in [-0.3, -0.25) is 9.59 Å². The van der Waals surface area contributed by atoms with Crippen LogP contribution < -0.4 is 10.2 Å². The topological polar surface area (TPSA) is 88.3 Å². The average Bonchev–Trinajstić information content (AvgIpc) is 3.21. The van der Waals surface area contributed by atoms with Crippen molar-refractivity contribution in [2.75, 3.05) is 4.90 Å². The number of hydrogen-bond acceptors (Lipinski definition) is 5. The fraction of sp³-hybridized carbons (Fsp3) is 0.238. The van der Waals surface area contributed by atoms with Gasteiger partial charge in [0.1, 0.15) is 12.6 Å². The monoisotopic (exact) mass is 376 g/mol. The van der Waals surface area contributed by atoms with Gasteiger partial charge in [0.2, 0.25) is 17.7 Å². The summed E-state index contributed by atoms with van der Waals surface area (Å²) < 4.78 is 5.77. The Bertz CT molecular complexity index is 1060. The number of fused-ring (bicyclic) bond motifs is 1. The predicted molar refractivity (Wildman–Crippen MR) is 103 cm³/mol. The number of anilines is 1. The van der Waals surface area contributed by atoms with Crippen molar-refractivity contribution in [3.63, 3.8) is 0 Å². The molecule has 0 spiro atoms. The summed E-state index contributed by atoms with van der Waals surface area (Å²) in [5, 5.41) is 10.9. The predicted octanol–water partition coefficient (Wildman–Crippen LogP) is 3.08. The maximum Gasteiger partial charge on any atom is 0.254 e. The molecule has 142 valence electrons. The van der Waals surface area contributed by atoms with Crippen LogP contribution in [-0.2, 0) is 16.1 Å². The summed E-state index contributed by atoms with van der Waals surface area (Å²) in [6.07, 6.45) is 0. The van der Waals surface area contributed by atoms with Gasteiger partial charge in [-0.1, -0.05) is 35.9 Å². The van der Waals surface area contributed by atoms with Crippen molar-refractivity contribution < 1.29 is 14.0 Å². The molecule has 0 fully saturated rings. The maximum absolute atomic E-state index is 13.1. The molecule has 1 atom stereocenters. The number of nitrogens with one attached hydrogen (secondary N) is 1. The maximum atomic E-state index is 13.1. The van der Waals surface area contributed by atoms with Gasteiger partial charge >= 0.3 is 0 Å². The summed E-state index contributed by atoms with van der Waals surface area (Å²) in [6, 6.07) is 12.7. The molecule has 0 radical (unpaired) electrons. The van der Waals surface area contributed by atoms with Crippen LogP contribution in [0.1, 0.15) is 35.5 Å². The molecular formula is C21H20N4O3. The Labute approximate surface area is 162 Å². The molecule has 1 aromatic heterocycles. The highest BCUT2D eigenvalue weighted by Crippen LogP contribution is 2.40. The van der Waals surface area contributed by atoms with E-state index in [-0.39, 0.29) is 18.4 Å². The van der Waals surface area contributed by atoms with Gasteiger partial charge in [-0.25, -0.2) is 0 Å². The second kappa shape index (κ2) is 6.92. The molecule has 0 saturated carbocycles. The number of amides is 2. The van der Waals surface area contributed by atoms with Crippen LogP contribution in [0.15, 0.2) is 46.9 Å². The first-order valence-corrected chi connectivity index (χ1v) is 9.01. The van der Waals surface area contributed by atoms with E-state index in [4.69, 9.17) is 4.42 Å². The van der Waals surface area contributed by atoms with Gasteiger partial charge in [0, 0.05) is 18.1 Å². The number of aryl methyl sites for hydroxylation is 2. The average molecular weight is 376 g/mol. The molecular weight excluding hydrogens is 356 g/mol. The van der Waals surface area contributed by atoms with Crippen LogP contribution in [0.2, 0.25) is 0 Å². The van der Waals surface area contributed by atoms with Gasteiger partial charge in [-0.2, -0.15) is 0 Å². The standard InChI is InChI=1S/C21H20N4O3/c1-12-9-13(2)19-16(10-12)18(22-14(3)26)21(27)25(19)11-17-23-24-20(28-17)15-7-5-4-6-8-15/h4-10,18H,11H2,1-3H3,(H,22,26)/t18-/m1/s1. The van der Waals surface area contributed by atoms with Crippen molar-refractivity contribution in [2.24, 2.45) is 0 Å². The minimum absolute atomic E-state index is 0.144. The van der Waals surface area contributed by atoms with Gasteiger partial charge in [0.15, 0.2) is 0 Å². The van der Waals surface area contributed by atoms with Crippen molar-refractivity contribution in [1.82, 2.24) is 15.5 Å². The van der Waals surface area contributed by atoms with Gasteiger partial charge in [0.25, 0.3) is 5.91 Å². The summed E-state index contributed by atoms with van der Waals surface area (Å²) in [5.41, 5.74) is 4.39. The zero-order valence-corrected chi connectivity index (χ0v) is 15.9. The van der Waals surface area contributed by atoms with Crippen LogP contribution in [-0.4, -0.2) is 22.0 Å². The highest BCUT2D eigenvalue weighted by molar-refractivity contribution is 6.06. The molecule has 0 bridgehead atoms. The molecule has 3 aromatic rings. The Kier molecular flexibility index (Phi) is 4.43. The normalized spacial score (nSPS) is 15.6. The minimum atomic E-state index is -0.706. The molecule has 2 amide bonds. The molecule has 1 aliphatic rings. The number of hydrogen-bond donors (Lipinski definition) is 1. The van der Waals surface area contributed by atoms with E-state index in [1.54, 1.807) is 4.90 Å². The van der Waals surface area contributed by atoms with Gasteiger partial charge in [-0.05, 0) is 31.5 Å². The largest absolute Gasteiger partial charge is 0.419 e. The van der Waals surface area contributed by atoms with Crippen LogP contribution in [0.3, 0.4) is 0 Å². The molecule has 0 aliphatic carbocycles. The van der Waals surface area contributed by atoms with Crippen LogP contribution >= 0.6 is 0 Å². The lowest BCUT2D eigenvalue weighted by atomic mass is 10.0. The molecule has 7 nitrogen and oxygen atoms in total. The SMILES string of the molecule is CC(=O)N[C@H]1C(=O)N(Cc2nnc(-c3ccccc3)o2)c2c(C)cc(C)cc21. The first-order valence-electron chi connectivity index (χ1n) is 9.01. The van der Waals surface area contributed by atoms with E-state index < -0.39 is 6.04 Å². The number of carbonyl (C=O) groups is 2. The Morgan fingerprint density at radius 2 is 1.93 bits per heavy atom. The van der Waals surface area contributed by atoms with E-state index in [0.29, 0.717) is 11.8 Å². The fourth-order valence-corrected chi connectivity index (χ4v) is 3.63. The number of carbonyl (C=O) groups excluding carboxylic acids is 2. The van der Waals surface area contributed by atoms with E-state index >= 15 is 0 Å². The van der Waals surface area contributed by atoms with E-state index in [1.165, 1.54) is 6.92 Å². The number of aromatic nitrogens is 2. The zero-order valence-electron chi connectivity index (χ0n) is 15.9. The minimum Gasteiger partial charge on any atom is -0.419 e. The molecule has 0 saturated heterocycles. The van der Waals surface area contributed by atoms with Crippen molar-refractivity contribution in [3.05, 3.63) is 65.0 Å². The van der Waals surface area contributed by atoms with Crippen LogP contribution in [0.25, 0.3) is 11.5 Å². The summed E-state index contributed by atoms with van der Waals surface area (Å²) in [5.74, 6) is 0.274. The molecule has 2 heterocycles. The zero-order chi connectivity index (χ0) is 19.8. The van der Waals surface area contributed by atoms with Crippen LogP contribution in [0, 0.1) is 13.8 Å². The lowest BCUT2D eigenvalue weighted by molar-refractivity contribution is -0.126. The summed E-state index contributed by atoms with van der Waals surface area (Å²) >= 11 is 0. The van der Waals surface area contributed by atoms with Gasteiger partial charge in [0.05, 0.1) is 5.69 Å².